The fourth-order valence-corrected chi connectivity index (χ4v) is 4.53. The van der Waals surface area contributed by atoms with E-state index < -0.39 is 0 Å². The van der Waals surface area contributed by atoms with E-state index in [1.165, 1.54) is 25.7 Å². The number of halogens is 1. The quantitative estimate of drug-likeness (QED) is 0.652. The van der Waals surface area contributed by atoms with Crippen molar-refractivity contribution in [2.45, 2.75) is 58.0 Å². The number of hydrogen-bond acceptors (Lipinski definition) is 3. The summed E-state index contributed by atoms with van der Waals surface area (Å²) in [4.78, 5) is 14.9. The van der Waals surface area contributed by atoms with Gasteiger partial charge in [0.25, 0.3) is 0 Å². The number of benzene rings is 1. The number of likely N-dealkylation sites (tertiary alicyclic amines) is 1. The third-order valence-electron chi connectivity index (χ3n) is 6.34. The van der Waals surface area contributed by atoms with Crippen molar-refractivity contribution in [2.24, 2.45) is 11.8 Å². The molecule has 1 aromatic carbocycles. The highest BCUT2D eigenvalue weighted by Crippen LogP contribution is 2.38. The topological polar surface area (TPSA) is 29.5 Å². The van der Waals surface area contributed by atoms with E-state index in [4.69, 9.17) is 4.74 Å². The molecule has 0 N–H and O–H groups in total. The zero-order valence-electron chi connectivity index (χ0n) is 16.3. The molecule has 0 amide bonds. The summed E-state index contributed by atoms with van der Waals surface area (Å²) in [6.07, 6.45) is 6.75. The Morgan fingerprint density at radius 3 is 2.73 bits per heavy atom. The Bertz CT molecular complexity index is 565. The molecule has 0 saturated carbocycles. The molecule has 3 nitrogen and oxygen atoms in total. The lowest BCUT2D eigenvalue weighted by Crippen LogP contribution is -2.44. The van der Waals surface area contributed by atoms with Crippen molar-refractivity contribution < 1.29 is 9.53 Å². The first-order chi connectivity index (χ1) is 12.1. The summed E-state index contributed by atoms with van der Waals surface area (Å²) in [6.45, 7) is 8.64. The third kappa shape index (κ3) is 5.55. The number of Topliss-reactive ketones (excluding diaryl/α,β-unsaturated/α-hetero) is 1. The number of carbonyl (C=O) groups is 1. The van der Waals surface area contributed by atoms with Crippen LogP contribution in [0.1, 0.15) is 62.7 Å². The summed E-state index contributed by atoms with van der Waals surface area (Å²) in [5.41, 5.74) is 0.924. The second kappa shape index (κ2) is 9.87. The molecule has 3 unspecified atom stereocenters. The van der Waals surface area contributed by atoms with Crippen LogP contribution in [0.5, 0.6) is 0 Å². The van der Waals surface area contributed by atoms with Crippen LogP contribution in [0.15, 0.2) is 30.3 Å². The number of piperidine rings is 1. The van der Waals surface area contributed by atoms with Crippen molar-refractivity contribution >= 4 is 18.2 Å². The lowest BCUT2D eigenvalue weighted by atomic mass is 9.75. The highest BCUT2D eigenvalue weighted by molar-refractivity contribution is 5.96. The molecule has 0 aromatic heterocycles. The summed E-state index contributed by atoms with van der Waals surface area (Å²) in [6, 6.07) is 9.70. The Morgan fingerprint density at radius 2 is 2.00 bits per heavy atom. The molecule has 26 heavy (non-hydrogen) atoms. The van der Waals surface area contributed by atoms with E-state index in [1.54, 1.807) is 0 Å². The van der Waals surface area contributed by atoms with E-state index in [0.717, 1.165) is 50.1 Å². The number of rotatable bonds is 6. The van der Waals surface area contributed by atoms with Crippen molar-refractivity contribution in [3.63, 3.8) is 0 Å². The van der Waals surface area contributed by atoms with E-state index in [2.05, 4.69) is 18.7 Å². The predicted molar refractivity (Wildman–Crippen MR) is 109 cm³/mol. The van der Waals surface area contributed by atoms with Gasteiger partial charge >= 0.3 is 0 Å². The molecule has 2 aliphatic rings. The van der Waals surface area contributed by atoms with E-state index >= 15 is 0 Å². The maximum Gasteiger partial charge on any atom is 0.164 e. The van der Waals surface area contributed by atoms with Crippen LogP contribution in [0.25, 0.3) is 0 Å². The van der Waals surface area contributed by atoms with Gasteiger partial charge < -0.3 is 9.64 Å². The van der Waals surface area contributed by atoms with Gasteiger partial charge in [-0.2, -0.15) is 0 Å². The highest BCUT2D eigenvalue weighted by Gasteiger charge is 2.36. The molecule has 0 aliphatic carbocycles. The number of nitrogens with zero attached hydrogens (tertiary/aromatic N) is 1. The van der Waals surface area contributed by atoms with Gasteiger partial charge in [-0.05, 0) is 57.4 Å². The van der Waals surface area contributed by atoms with Gasteiger partial charge in [0.15, 0.2) is 5.78 Å². The molecule has 2 fully saturated rings. The number of carbonyl (C=O) groups excluding carboxylic acids is 1. The lowest BCUT2D eigenvalue weighted by molar-refractivity contribution is -0.101. The van der Waals surface area contributed by atoms with Crippen molar-refractivity contribution in [1.29, 1.82) is 0 Å². The van der Waals surface area contributed by atoms with Gasteiger partial charge in [-0.15, -0.1) is 12.4 Å². The van der Waals surface area contributed by atoms with Crippen LogP contribution in [0.4, 0.5) is 0 Å². The molecule has 146 valence electrons. The van der Waals surface area contributed by atoms with E-state index in [9.17, 15) is 4.79 Å². The third-order valence-corrected chi connectivity index (χ3v) is 6.34. The number of ketones is 1. The Labute approximate surface area is 164 Å². The molecule has 3 atom stereocenters. The first kappa shape index (κ1) is 21.4. The Kier molecular flexibility index (Phi) is 8.12. The zero-order valence-corrected chi connectivity index (χ0v) is 17.1. The maximum absolute atomic E-state index is 12.4. The van der Waals surface area contributed by atoms with E-state index in [-0.39, 0.29) is 23.8 Å². The molecule has 0 bridgehead atoms. The smallest absolute Gasteiger partial charge is 0.164 e. The summed E-state index contributed by atoms with van der Waals surface area (Å²) >= 11 is 0. The molecular weight excluding hydrogens is 346 g/mol. The summed E-state index contributed by atoms with van der Waals surface area (Å²) in [5, 5.41) is 0. The van der Waals surface area contributed by atoms with Gasteiger partial charge in [0, 0.05) is 31.7 Å². The summed E-state index contributed by atoms with van der Waals surface area (Å²) < 4.78 is 6.03. The first-order valence-corrected chi connectivity index (χ1v) is 10.0. The molecule has 2 heterocycles. The van der Waals surface area contributed by atoms with Gasteiger partial charge in [-0.1, -0.05) is 37.3 Å². The molecular formula is C22H34ClNO2. The minimum atomic E-state index is 0. The Morgan fingerprint density at radius 1 is 1.23 bits per heavy atom. The first-order valence-electron chi connectivity index (χ1n) is 10.0. The molecule has 4 heteroatoms. The molecule has 3 rings (SSSR count). The average molecular weight is 380 g/mol. The van der Waals surface area contributed by atoms with Crippen LogP contribution in [-0.2, 0) is 4.74 Å². The Balaban J connectivity index is 0.00000243. The van der Waals surface area contributed by atoms with Crippen molar-refractivity contribution in [3.05, 3.63) is 35.9 Å². The number of ether oxygens (including phenoxy) is 1. The van der Waals surface area contributed by atoms with Gasteiger partial charge in [0.1, 0.15) is 0 Å². The fraction of sp³-hybridized carbons (Fsp3) is 0.682. The van der Waals surface area contributed by atoms with Gasteiger partial charge in [-0.3, -0.25) is 4.79 Å². The predicted octanol–water partition coefficient (Wildman–Crippen LogP) is 4.99. The minimum Gasteiger partial charge on any atom is -0.375 e. The Hall–Kier alpha value is -0.900. The largest absolute Gasteiger partial charge is 0.375 e. The van der Waals surface area contributed by atoms with Gasteiger partial charge in [-0.25, -0.2) is 0 Å². The maximum atomic E-state index is 12.4. The van der Waals surface area contributed by atoms with Crippen LogP contribution in [0, 0.1) is 11.8 Å². The van der Waals surface area contributed by atoms with Crippen LogP contribution < -0.4 is 0 Å². The summed E-state index contributed by atoms with van der Waals surface area (Å²) in [7, 11) is 0. The lowest BCUT2D eigenvalue weighted by Gasteiger charge is -2.44. The van der Waals surface area contributed by atoms with E-state index in [1.807, 2.05) is 30.3 Å². The van der Waals surface area contributed by atoms with Crippen LogP contribution in [0.2, 0.25) is 0 Å². The molecule has 2 aliphatic heterocycles. The highest BCUT2D eigenvalue weighted by atomic mass is 35.5. The van der Waals surface area contributed by atoms with Crippen LogP contribution >= 0.6 is 12.4 Å². The standard InChI is InChI=1S/C22H33NO2.ClH/c1-3-22(2)16-19(12-15-25-22)20-10-7-13-23(17-20)14-11-21(24)18-8-5-4-6-9-18;/h4-6,8-9,19-20H,3,7,10-17H2,1-2H3;1H. The minimum absolute atomic E-state index is 0. The number of hydrogen-bond donors (Lipinski definition) is 0. The zero-order chi connectivity index (χ0) is 17.7. The molecule has 1 aromatic rings. The second-order valence-electron chi connectivity index (χ2n) is 8.15. The summed E-state index contributed by atoms with van der Waals surface area (Å²) in [5.74, 6) is 1.83. The van der Waals surface area contributed by atoms with Gasteiger partial charge in [0.05, 0.1) is 5.60 Å². The van der Waals surface area contributed by atoms with Crippen LogP contribution in [-0.4, -0.2) is 42.5 Å². The SMILES string of the molecule is CCC1(C)CC(C2CCCN(CCC(=O)c3ccccc3)C2)CCO1.Cl. The van der Waals surface area contributed by atoms with Crippen molar-refractivity contribution in [3.8, 4) is 0 Å². The normalized spacial score (nSPS) is 29.8. The van der Waals surface area contributed by atoms with Gasteiger partial charge in [0.2, 0.25) is 0 Å². The van der Waals surface area contributed by atoms with Crippen LogP contribution in [0.3, 0.4) is 0 Å². The average Bonchev–Trinajstić information content (AvgIpc) is 2.67. The molecule has 0 radical (unpaired) electrons. The second-order valence-corrected chi connectivity index (χ2v) is 8.15. The fourth-order valence-electron chi connectivity index (χ4n) is 4.53. The molecule has 2 saturated heterocycles. The monoisotopic (exact) mass is 379 g/mol. The van der Waals surface area contributed by atoms with Crippen molar-refractivity contribution in [1.82, 2.24) is 4.90 Å². The molecule has 0 spiro atoms. The van der Waals surface area contributed by atoms with Crippen molar-refractivity contribution in [2.75, 3.05) is 26.2 Å². The van der Waals surface area contributed by atoms with E-state index in [0.29, 0.717) is 6.42 Å².